The normalized spacial score (nSPS) is 11.4. The number of pyridine rings is 1. The molecule has 0 atom stereocenters. The lowest BCUT2D eigenvalue weighted by Crippen LogP contribution is -2.15. The lowest BCUT2D eigenvalue weighted by atomic mass is 10.0. The zero-order valence-electron chi connectivity index (χ0n) is 16.7. The molecule has 0 saturated carbocycles. The van der Waals surface area contributed by atoms with Crippen LogP contribution in [0.4, 0.5) is 0 Å². The minimum atomic E-state index is 0.397. The van der Waals surface area contributed by atoms with Crippen molar-refractivity contribution >= 4 is 34.2 Å². The van der Waals surface area contributed by atoms with Crippen LogP contribution in [0.25, 0.3) is 33.4 Å². The minimum absolute atomic E-state index is 0.397. The Bertz CT molecular complexity index is 1140. The molecule has 0 saturated heterocycles. The third-order valence-electron chi connectivity index (χ3n) is 4.73. The molecule has 4 rings (SSSR count). The Morgan fingerprint density at radius 2 is 1.73 bits per heavy atom. The van der Waals surface area contributed by atoms with E-state index in [1.807, 2.05) is 24.3 Å². The number of benzene rings is 1. The number of nitrogens with zero attached hydrogens (tertiary/aromatic N) is 4. The highest BCUT2D eigenvalue weighted by molar-refractivity contribution is 6.45. The summed E-state index contributed by atoms with van der Waals surface area (Å²) in [4.78, 5) is 18.2. The van der Waals surface area contributed by atoms with E-state index in [2.05, 4.69) is 38.9 Å². The fraction of sp³-hybridized carbons (Fsp3) is 0.227. The molecular weight excluding hydrogens is 421 g/mol. The van der Waals surface area contributed by atoms with E-state index in [1.165, 1.54) is 6.33 Å². The standard InChI is InChI=1S/C22H21Cl2N5O/c1-29(2)8-3-9-30-16-6-4-14(5-7-16)21-18(15-10-25-13-26-11-15)19-20(24)17(23)12-27-22(19)28-21/h4-7,10-13H,3,8-9H2,1-2H3,(H,27,28). The molecule has 0 radical (unpaired) electrons. The molecule has 0 unspecified atom stereocenters. The van der Waals surface area contributed by atoms with Gasteiger partial charge in [0.15, 0.2) is 0 Å². The van der Waals surface area contributed by atoms with Crippen molar-refractivity contribution in [2.24, 2.45) is 0 Å². The van der Waals surface area contributed by atoms with Crippen LogP contribution in [0.3, 0.4) is 0 Å². The molecule has 0 fully saturated rings. The Labute approximate surface area is 184 Å². The molecule has 6 nitrogen and oxygen atoms in total. The van der Waals surface area contributed by atoms with Gasteiger partial charge in [0.25, 0.3) is 0 Å². The summed E-state index contributed by atoms with van der Waals surface area (Å²) < 4.78 is 5.85. The maximum atomic E-state index is 6.54. The lowest BCUT2D eigenvalue weighted by molar-refractivity contribution is 0.281. The Morgan fingerprint density at radius 3 is 2.43 bits per heavy atom. The molecule has 0 amide bonds. The quantitative estimate of drug-likeness (QED) is 0.392. The third-order valence-corrected chi connectivity index (χ3v) is 5.50. The van der Waals surface area contributed by atoms with E-state index in [-0.39, 0.29) is 0 Å². The zero-order chi connectivity index (χ0) is 21.1. The van der Waals surface area contributed by atoms with Gasteiger partial charge in [-0.25, -0.2) is 15.0 Å². The number of hydrogen-bond acceptors (Lipinski definition) is 5. The third kappa shape index (κ3) is 4.26. The van der Waals surface area contributed by atoms with Crippen molar-refractivity contribution in [1.82, 2.24) is 24.8 Å². The average Bonchev–Trinajstić information content (AvgIpc) is 3.15. The monoisotopic (exact) mass is 441 g/mol. The Morgan fingerprint density at radius 1 is 1.00 bits per heavy atom. The first-order valence-electron chi connectivity index (χ1n) is 9.53. The minimum Gasteiger partial charge on any atom is -0.494 e. The second-order valence-corrected chi connectivity index (χ2v) is 7.96. The number of rotatable bonds is 7. The largest absolute Gasteiger partial charge is 0.494 e. The van der Waals surface area contributed by atoms with E-state index in [9.17, 15) is 0 Å². The molecule has 154 valence electrons. The van der Waals surface area contributed by atoms with Gasteiger partial charge in [-0.3, -0.25) is 0 Å². The van der Waals surface area contributed by atoms with Gasteiger partial charge in [0.2, 0.25) is 0 Å². The maximum absolute atomic E-state index is 6.54. The Kier molecular flexibility index (Phi) is 6.18. The number of ether oxygens (including phenoxy) is 1. The second-order valence-electron chi connectivity index (χ2n) is 7.18. The van der Waals surface area contributed by atoms with Crippen molar-refractivity contribution in [2.45, 2.75) is 6.42 Å². The van der Waals surface area contributed by atoms with E-state index in [1.54, 1.807) is 18.6 Å². The van der Waals surface area contributed by atoms with E-state index in [4.69, 9.17) is 27.9 Å². The van der Waals surface area contributed by atoms with Crippen molar-refractivity contribution in [2.75, 3.05) is 27.2 Å². The number of hydrogen-bond donors (Lipinski definition) is 1. The molecule has 0 aliphatic heterocycles. The molecule has 0 aliphatic carbocycles. The molecule has 30 heavy (non-hydrogen) atoms. The van der Waals surface area contributed by atoms with E-state index in [0.717, 1.165) is 46.5 Å². The molecule has 8 heteroatoms. The molecule has 3 heterocycles. The zero-order valence-corrected chi connectivity index (χ0v) is 18.2. The highest BCUT2D eigenvalue weighted by Crippen LogP contribution is 2.42. The van der Waals surface area contributed by atoms with E-state index < -0.39 is 0 Å². The van der Waals surface area contributed by atoms with Gasteiger partial charge in [-0.05, 0) is 50.3 Å². The van der Waals surface area contributed by atoms with Crippen LogP contribution in [0.15, 0.2) is 49.2 Å². The second kappa shape index (κ2) is 9.00. The summed E-state index contributed by atoms with van der Waals surface area (Å²) in [5.41, 5.74) is 4.19. The van der Waals surface area contributed by atoms with Gasteiger partial charge in [0, 0.05) is 41.6 Å². The fourth-order valence-corrected chi connectivity index (χ4v) is 3.69. The highest BCUT2D eigenvalue weighted by Gasteiger charge is 2.20. The summed E-state index contributed by atoms with van der Waals surface area (Å²) in [6.07, 6.45) is 7.51. The first kappa shape index (κ1) is 20.6. The van der Waals surface area contributed by atoms with Gasteiger partial charge >= 0.3 is 0 Å². The van der Waals surface area contributed by atoms with Gasteiger partial charge in [-0.15, -0.1) is 0 Å². The molecule has 4 aromatic rings. The number of H-pyrrole nitrogens is 1. The molecule has 1 aromatic carbocycles. The summed E-state index contributed by atoms with van der Waals surface area (Å²) in [7, 11) is 4.11. The molecule has 0 spiro atoms. The number of aromatic nitrogens is 4. The summed E-state index contributed by atoms with van der Waals surface area (Å²) in [5, 5.41) is 1.59. The molecule has 0 aliphatic rings. The Balaban J connectivity index is 1.71. The van der Waals surface area contributed by atoms with Crippen LogP contribution in [-0.4, -0.2) is 52.1 Å². The van der Waals surface area contributed by atoms with Crippen LogP contribution in [0.1, 0.15) is 6.42 Å². The molecule has 1 N–H and O–H groups in total. The fourth-order valence-electron chi connectivity index (χ4n) is 3.32. The lowest BCUT2D eigenvalue weighted by Gasteiger charge is -2.11. The first-order valence-corrected chi connectivity index (χ1v) is 10.3. The van der Waals surface area contributed by atoms with Crippen molar-refractivity contribution in [1.29, 1.82) is 0 Å². The van der Waals surface area contributed by atoms with Crippen LogP contribution >= 0.6 is 23.2 Å². The van der Waals surface area contributed by atoms with Crippen LogP contribution < -0.4 is 4.74 Å². The molecule has 3 aromatic heterocycles. The SMILES string of the molecule is CN(C)CCCOc1ccc(-c2[nH]c3ncc(Cl)c(Cl)c3c2-c2cncnc2)cc1. The van der Waals surface area contributed by atoms with Crippen LogP contribution in [-0.2, 0) is 0 Å². The number of halogens is 2. The van der Waals surface area contributed by atoms with Crippen molar-refractivity contribution < 1.29 is 4.74 Å². The predicted molar refractivity (Wildman–Crippen MR) is 121 cm³/mol. The number of fused-ring (bicyclic) bond motifs is 1. The summed E-state index contributed by atoms with van der Waals surface area (Å²) in [5.74, 6) is 0.831. The van der Waals surface area contributed by atoms with E-state index >= 15 is 0 Å². The average molecular weight is 442 g/mol. The number of nitrogens with one attached hydrogen (secondary N) is 1. The topological polar surface area (TPSA) is 66.9 Å². The van der Waals surface area contributed by atoms with Gasteiger partial charge in [0.1, 0.15) is 17.7 Å². The molecule has 0 bridgehead atoms. The summed E-state index contributed by atoms with van der Waals surface area (Å²) in [6, 6.07) is 7.94. The van der Waals surface area contributed by atoms with Crippen LogP contribution in [0.5, 0.6) is 5.75 Å². The van der Waals surface area contributed by atoms with Gasteiger partial charge in [-0.1, -0.05) is 23.2 Å². The predicted octanol–water partition coefficient (Wildman–Crippen LogP) is 5.32. The summed E-state index contributed by atoms with van der Waals surface area (Å²) in [6.45, 7) is 1.67. The smallest absolute Gasteiger partial charge is 0.139 e. The van der Waals surface area contributed by atoms with Crippen molar-refractivity contribution in [3.63, 3.8) is 0 Å². The van der Waals surface area contributed by atoms with Crippen LogP contribution in [0, 0.1) is 0 Å². The first-order chi connectivity index (χ1) is 14.5. The Hall–Kier alpha value is -2.67. The van der Waals surface area contributed by atoms with Crippen molar-refractivity contribution in [3.05, 3.63) is 59.2 Å². The van der Waals surface area contributed by atoms with E-state index in [0.29, 0.717) is 22.3 Å². The highest BCUT2D eigenvalue weighted by atomic mass is 35.5. The van der Waals surface area contributed by atoms with Gasteiger partial charge < -0.3 is 14.6 Å². The number of aromatic amines is 1. The molecular formula is C22H21Cl2N5O. The van der Waals surface area contributed by atoms with Crippen molar-refractivity contribution in [3.8, 4) is 28.1 Å². The van der Waals surface area contributed by atoms with Gasteiger partial charge in [0.05, 0.1) is 22.3 Å². The van der Waals surface area contributed by atoms with Crippen LogP contribution in [0.2, 0.25) is 10.0 Å². The maximum Gasteiger partial charge on any atom is 0.139 e. The van der Waals surface area contributed by atoms with Gasteiger partial charge in [-0.2, -0.15) is 0 Å². The summed E-state index contributed by atoms with van der Waals surface area (Å²) >= 11 is 12.8.